The standard InChI is InChI=1S/C12H18ClN5/c1-4-18-10(12(13)9(2)16-18)7-14-8-11-15-5-6-17(11)3/h5-6,14H,4,7-8H2,1-3H3. The van der Waals surface area contributed by atoms with Gasteiger partial charge in [-0.2, -0.15) is 5.10 Å². The summed E-state index contributed by atoms with van der Waals surface area (Å²) in [7, 11) is 1.98. The smallest absolute Gasteiger partial charge is 0.122 e. The monoisotopic (exact) mass is 267 g/mol. The summed E-state index contributed by atoms with van der Waals surface area (Å²) < 4.78 is 3.93. The molecule has 0 spiro atoms. The lowest BCUT2D eigenvalue weighted by Crippen LogP contribution is -2.18. The second-order valence-electron chi connectivity index (χ2n) is 4.22. The minimum absolute atomic E-state index is 0.695. The molecule has 0 aliphatic carbocycles. The fraction of sp³-hybridized carbons (Fsp3) is 0.500. The van der Waals surface area contributed by atoms with Crippen LogP contribution in [0.4, 0.5) is 0 Å². The highest BCUT2D eigenvalue weighted by atomic mass is 35.5. The summed E-state index contributed by atoms with van der Waals surface area (Å²) in [4.78, 5) is 4.26. The van der Waals surface area contributed by atoms with Crippen LogP contribution in [0, 0.1) is 6.92 Å². The minimum Gasteiger partial charge on any atom is -0.337 e. The van der Waals surface area contributed by atoms with Crippen LogP contribution in [0.3, 0.4) is 0 Å². The number of imidazole rings is 1. The van der Waals surface area contributed by atoms with Crippen LogP contribution in [-0.4, -0.2) is 19.3 Å². The molecule has 2 rings (SSSR count). The molecule has 0 bridgehead atoms. The number of nitrogens with one attached hydrogen (secondary N) is 1. The molecule has 98 valence electrons. The molecule has 0 aromatic carbocycles. The molecule has 2 aromatic rings. The normalized spacial score (nSPS) is 11.1. The SMILES string of the molecule is CCn1nc(C)c(Cl)c1CNCc1nccn1C. The lowest BCUT2D eigenvalue weighted by Gasteiger charge is -2.07. The number of aryl methyl sites for hydroxylation is 3. The zero-order valence-corrected chi connectivity index (χ0v) is 11.7. The largest absolute Gasteiger partial charge is 0.337 e. The number of nitrogens with zero attached hydrogens (tertiary/aromatic N) is 4. The second-order valence-corrected chi connectivity index (χ2v) is 4.60. The Morgan fingerprint density at radius 2 is 2.17 bits per heavy atom. The third kappa shape index (κ3) is 2.57. The van der Waals surface area contributed by atoms with Crippen LogP contribution in [0.25, 0.3) is 0 Å². The van der Waals surface area contributed by atoms with E-state index in [2.05, 4.69) is 22.3 Å². The van der Waals surface area contributed by atoms with Gasteiger partial charge in [0.1, 0.15) is 5.82 Å². The van der Waals surface area contributed by atoms with Crippen LogP contribution < -0.4 is 5.32 Å². The van der Waals surface area contributed by atoms with E-state index in [-0.39, 0.29) is 0 Å². The van der Waals surface area contributed by atoms with Crippen molar-refractivity contribution in [3.63, 3.8) is 0 Å². The zero-order valence-electron chi connectivity index (χ0n) is 10.9. The first-order valence-corrected chi connectivity index (χ1v) is 6.40. The molecule has 2 aromatic heterocycles. The highest BCUT2D eigenvalue weighted by molar-refractivity contribution is 6.31. The van der Waals surface area contributed by atoms with Crippen molar-refractivity contribution in [2.75, 3.05) is 0 Å². The molecule has 0 aliphatic heterocycles. The van der Waals surface area contributed by atoms with E-state index in [1.807, 2.05) is 29.4 Å². The van der Waals surface area contributed by atoms with Gasteiger partial charge in [-0.05, 0) is 13.8 Å². The summed E-state index contributed by atoms with van der Waals surface area (Å²) in [6.07, 6.45) is 3.73. The lowest BCUT2D eigenvalue weighted by molar-refractivity contribution is 0.567. The Balaban J connectivity index is 2.00. The van der Waals surface area contributed by atoms with Crippen molar-refractivity contribution in [1.82, 2.24) is 24.6 Å². The van der Waals surface area contributed by atoms with E-state index in [9.17, 15) is 0 Å². The fourth-order valence-electron chi connectivity index (χ4n) is 1.90. The van der Waals surface area contributed by atoms with Crippen LogP contribution in [0.5, 0.6) is 0 Å². The number of aromatic nitrogens is 4. The fourth-order valence-corrected chi connectivity index (χ4v) is 2.10. The van der Waals surface area contributed by atoms with Gasteiger partial charge in [-0.3, -0.25) is 4.68 Å². The van der Waals surface area contributed by atoms with E-state index >= 15 is 0 Å². The maximum atomic E-state index is 6.24. The van der Waals surface area contributed by atoms with Crippen molar-refractivity contribution in [3.8, 4) is 0 Å². The first kappa shape index (κ1) is 13.1. The molecule has 0 unspecified atom stereocenters. The molecular formula is C12H18ClN5. The van der Waals surface area contributed by atoms with Crippen molar-refractivity contribution < 1.29 is 0 Å². The first-order valence-electron chi connectivity index (χ1n) is 6.02. The molecule has 6 heteroatoms. The molecule has 0 aliphatic rings. The number of rotatable bonds is 5. The van der Waals surface area contributed by atoms with E-state index in [0.29, 0.717) is 13.1 Å². The van der Waals surface area contributed by atoms with Gasteiger partial charge < -0.3 is 9.88 Å². The van der Waals surface area contributed by atoms with Gasteiger partial charge in [0.15, 0.2) is 0 Å². The van der Waals surface area contributed by atoms with Crippen LogP contribution >= 0.6 is 11.6 Å². The predicted molar refractivity (Wildman–Crippen MR) is 71.4 cm³/mol. The summed E-state index contributed by atoms with van der Waals surface area (Å²) in [5, 5.41) is 8.48. The number of halogens is 1. The zero-order chi connectivity index (χ0) is 13.1. The van der Waals surface area contributed by atoms with Gasteiger partial charge in [-0.15, -0.1) is 0 Å². The van der Waals surface area contributed by atoms with Crippen LogP contribution in [0.15, 0.2) is 12.4 Å². The van der Waals surface area contributed by atoms with Crippen molar-refractivity contribution in [1.29, 1.82) is 0 Å². The minimum atomic E-state index is 0.695. The number of hydrogen-bond acceptors (Lipinski definition) is 3. The molecule has 0 atom stereocenters. The van der Waals surface area contributed by atoms with Gasteiger partial charge in [0.2, 0.25) is 0 Å². The molecular weight excluding hydrogens is 250 g/mol. The van der Waals surface area contributed by atoms with E-state index in [1.54, 1.807) is 6.20 Å². The summed E-state index contributed by atoms with van der Waals surface area (Å²) >= 11 is 6.24. The van der Waals surface area contributed by atoms with Gasteiger partial charge in [0.25, 0.3) is 0 Å². The lowest BCUT2D eigenvalue weighted by atomic mass is 10.3. The topological polar surface area (TPSA) is 47.7 Å². The van der Waals surface area contributed by atoms with Gasteiger partial charge in [-0.25, -0.2) is 4.98 Å². The molecule has 0 radical (unpaired) electrons. The Morgan fingerprint density at radius 3 is 2.78 bits per heavy atom. The predicted octanol–water partition coefficient (Wildman–Crippen LogP) is 1.89. The summed E-state index contributed by atoms with van der Waals surface area (Å²) in [5.41, 5.74) is 1.91. The van der Waals surface area contributed by atoms with Crippen LogP contribution in [0.1, 0.15) is 24.1 Å². The first-order chi connectivity index (χ1) is 8.63. The molecule has 18 heavy (non-hydrogen) atoms. The van der Waals surface area contributed by atoms with E-state index in [4.69, 9.17) is 11.6 Å². The van der Waals surface area contributed by atoms with Crippen molar-refractivity contribution in [2.45, 2.75) is 33.5 Å². The molecule has 0 saturated heterocycles. The molecule has 1 N–H and O–H groups in total. The highest BCUT2D eigenvalue weighted by Gasteiger charge is 2.11. The van der Waals surface area contributed by atoms with E-state index in [0.717, 1.165) is 28.8 Å². The Labute approximate surface area is 112 Å². The van der Waals surface area contributed by atoms with Crippen molar-refractivity contribution in [3.05, 3.63) is 34.6 Å². The third-order valence-corrected chi connectivity index (χ3v) is 3.44. The molecule has 0 saturated carbocycles. The number of hydrogen-bond donors (Lipinski definition) is 1. The van der Waals surface area contributed by atoms with Gasteiger partial charge in [0.05, 0.1) is 23.0 Å². The van der Waals surface area contributed by atoms with Crippen molar-refractivity contribution >= 4 is 11.6 Å². The maximum absolute atomic E-state index is 6.24. The Hall–Kier alpha value is -1.33. The van der Waals surface area contributed by atoms with E-state index < -0.39 is 0 Å². The highest BCUT2D eigenvalue weighted by Crippen LogP contribution is 2.19. The quantitative estimate of drug-likeness (QED) is 0.900. The maximum Gasteiger partial charge on any atom is 0.122 e. The van der Waals surface area contributed by atoms with Crippen LogP contribution in [-0.2, 0) is 26.7 Å². The molecule has 0 fully saturated rings. The second kappa shape index (κ2) is 5.54. The van der Waals surface area contributed by atoms with Gasteiger partial charge >= 0.3 is 0 Å². The van der Waals surface area contributed by atoms with Crippen molar-refractivity contribution in [2.24, 2.45) is 7.05 Å². The third-order valence-electron chi connectivity index (χ3n) is 2.95. The van der Waals surface area contributed by atoms with Gasteiger partial charge in [-0.1, -0.05) is 11.6 Å². The van der Waals surface area contributed by atoms with Crippen LogP contribution in [0.2, 0.25) is 5.02 Å². The summed E-state index contributed by atoms with van der Waals surface area (Å²) in [5.74, 6) is 1.01. The summed E-state index contributed by atoms with van der Waals surface area (Å²) in [6.45, 7) is 6.23. The Kier molecular flexibility index (Phi) is 4.04. The summed E-state index contributed by atoms with van der Waals surface area (Å²) in [6, 6.07) is 0. The van der Waals surface area contributed by atoms with E-state index in [1.165, 1.54) is 0 Å². The van der Waals surface area contributed by atoms with Gasteiger partial charge in [0, 0.05) is 32.5 Å². The Bertz CT molecular complexity index is 529. The Morgan fingerprint density at radius 1 is 1.39 bits per heavy atom. The molecule has 5 nitrogen and oxygen atoms in total. The average molecular weight is 268 g/mol. The average Bonchev–Trinajstić information content (AvgIpc) is 2.87. The molecule has 0 amide bonds. The molecule has 2 heterocycles.